The van der Waals surface area contributed by atoms with Crippen molar-refractivity contribution in [2.24, 2.45) is 0 Å². The molecule has 0 radical (unpaired) electrons. The fourth-order valence-corrected chi connectivity index (χ4v) is 4.32. The molecule has 2 aromatic heterocycles. The zero-order chi connectivity index (χ0) is 26.9. The third-order valence-electron chi connectivity index (χ3n) is 6.18. The lowest BCUT2D eigenvalue weighted by Crippen LogP contribution is -2.10. The molecule has 0 unspecified atom stereocenters. The quantitative estimate of drug-likeness (QED) is 0.273. The van der Waals surface area contributed by atoms with Gasteiger partial charge in [0.15, 0.2) is 17.3 Å². The van der Waals surface area contributed by atoms with Gasteiger partial charge in [0, 0.05) is 18.2 Å². The Morgan fingerprint density at radius 3 is 2.38 bits per heavy atom. The zero-order valence-corrected chi connectivity index (χ0v) is 21.1. The number of furan rings is 1. The van der Waals surface area contributed by atoms with Gasteiger partial charge in [0.05, 0.1) is 17.5 Å². The van der Waals surface area contributed by atoms with Gasteiger partial charge in [-0.15, -0.1) is 0 Å². The number of esters is 1. The predicted octanol–water partition coefficient (Wildman–Crippen LogP) is 6.01. The van der Waals surface area contributed by atoms with Crippen molar-refractivity contribution in [3.63, 3.8) is 0 Å². The topological polar surface area (TPSA) is 105 Å². The lowest BCUT2D eigenvalue weighted by atomic mass is 10.0. The normalized spacial score (nSPS) is 11.8. The number of ether oxygens (including phenoxy) is 3. The molecule has 0 saturated heterocycles. The molecule has 194 valence electrons. The molecule has 0 atom stereocenters. The molecule has 1 aliphatic rings. The number of hydrogen-bond acceptors (Lipinski definition) is 7. The summed E-state index contributed by atoms with van der Waals surface area (Å²) < 4.78 is 23.6. The van der Waals surface area contributed by atoms with Gasteiger partial charge in [-0.25, -0.2) is 0 Å². The third-order valence-corrected chi connectivity index (χ3v) is 6.18. The van der Waals surface area contributed by atoms with Crippen LogP contribution in [0.15, 0.2) is 89.5 Å². The molecule has 6 rings (SSSR count). The lowest BCUT2D eigenvalue weighted by molar-refractivity contribution is -0.132. The van der Waals surface area contributed by atoms with Crippen molar-refractivity contribution in [3.8, 4) is 45.5 Å². The van der Waals surface area contributed by atoms with E-state index in [0.717, 1.165) is 22.4 Å². The number of rotatable bonds is 6. The number of benzene rings is 3. The average Bonchev–Trinajstić information content (AvgIpc) is 3.69. The van der Waals surface area contributed by atoms with E-state index in [1.807, 2.05) is 61.5 Å². The second-order valence-electron chi connectivity index (χ2n) is 8.95. The first-order valence-electron chi connectivity index (χ1n) is 12.2. The Hall–Kier alpha value is -5.31. The van der Waals surface area contributed by atoms with E-state index >= 15 is 0 Å². The van der Waals surface area contributed by atoms with E-state index in [-0.39, 0.29) is 24.3 Å². The number of aromatic nitrogens is 2. The molecule has 1 aliphatic heterocycles. The van der Waals surface area contributed by atoms with Crippen molar-refractivity contribution >= 4 is 17.6 Å². The Labute approximate surface area is 223 Å². The van der Waals surface area contributed by atoms with Crippen LogP contribution in [0.4, 0.5) is 5.69 Å². The summed E-state index contributed by atoms with van der Waals surface area (Å²) in [6.07, 6.45) is 1.44. The van der Waals surface area contributed by atoms with E-state index in [1.165, 1.54) is 13.2 Å². The molecule has 5 aromatic rings. The maximum Gasteiger partial charge on any atom is 0.309 e. The first-order chi connectivity index (χ1) is 19.0. The maximum absolute atomic E-state index is 12.4. The summed E-state index contributed by atoms with van der Waals surface area (Å²) in [7, 11) is 0. The second-order valence-corrected chi connectivity index (χ2v) is 8.95. The summed E-state index contributed by atoms with van der Waals surface area (Å²) >= 11 is 0. The number of nitrogens with zero attached hydrogens (tertiary/aromatic N) is 2. The summed E-state index contributed by atoms with van der Waals surface area (Å²) in [5.41, 5.74) is 5.06. The molecule has 0 saturated carbocycles. The van der Waals surface area contributed by atoms with Crippen LogP contribution in [-0.4, -0.2) is 28.4 Å². The minimum absolute atomic E-state index is 0.146. The number of carbonyl (C=O) groups excluding carboxylic acids is 2. The molecule has 0 spiro atoms. The minimum Gasteiger partial charge on any atom is -0.459 e. The van der Waals surface area contributed by atoms with Crippen molar-refractivity contribution < 1.29 is 28.2 Å². The van der Waals surface area contributed by atoms with Crippen LogP contribution < -0.4 is 19.5 Å². The summed E-state index contributed by atoms with van der Waals surface area (Å²) in [6.45, 7) is 3.49. The van der Waals surface area contributed by atoms with Crippen molar-refractivity contribution in [1.29, 1.82) is 0 Å². The van der Waals surface area contributed by atoms with Gasteiger partial charge in [-0.2, -0.15) is 9.78 Å². The van der Waals surface area contributed by atoms with E-state index in [2.05, 4.69) is 5.32 Å². The Balaban J connectivity index is 1.48. The number of aryl methyl sites for hydroxylation is 1. The Bertz CT molecular complexity index is 1670. The van der Waals surface area contributed by atoms with Gasteiger partial charge in [-0.1, -0.05) is 29.8 Å². The molecular formula is C30H23N3O6. The van der Waals surface area contributed by atoms with Gasteiger partial charge in [0.25, 0.3) is 5.91 Å². The van der Waals surface area contributed by atoms with Crippen LogP contribution in [0, 0.1) is 6.92 Å². The first kappa shape index (κ1) is 24.1. The molecule has 9 heteroatoms. The zero-order valence-electron chi connectivity index (χ0n) is 21.1. The van der Waals surface area contributed by atoms with Gasteiger partial charge in [0.1, 0.15) is 5.69 Å². The summed E-state index contributed by atoms with van der Waals surface area (Å²) in [4.78, 5) is 24.7. The van der Waals surface area contributed by atoms with Gasteiger partial charge >= 0.3 is 5.97 Å². The monoisotopic (exact) mass is 521 g/mol. The highest BCUT2D eigenvalue weighted by molar-refractivity contribution is 6.02. The van der Waals surface area contributed by atoms with Crippen molar-refractivity contribution in [2.75, 3.05) is 12.1 Å². The number of hydrogen-bond donors (Lipinski definition) is 1. The van der Waals surface area contributed by atoms with Crippen molar-refractivity contribution in [1.82, 2.24) is 9.78 Å². The molecule has 0 bridgehead atoms. The van der Waals surface area contributed by atoms with Crippen LogP contribution in [0.3, 0.4) is 0 Å². The van der Waals surface area contributed by atoms with E-state index in [9.17, 15) is 9.59 Å². The summed E-state index contributed by atoms with van der Waals surface area (Å²) in [5, 5.41) is 7.71. The van der Waals surface area contributed by atoms with Crippen molar-refractivity contribution in [3.05, 3.63) is 96.4 Å². The first-order valence-corrected chi connectivity index (χ1v) is 12.2. The molecule has 3 aromatic carbocycles. The van der Waals surface area contributed by atoms with Gasteiger partial charge < -0.3 is 23.9 Å². The predicted molar refractivity (Wildman–Crippen MR) is 143 cm³/mol. The molecule has 9 nitrogen and oxygen atoms in total. The fourth-order valence-electron chi connectivity index (χ4n) is 4.32. The number of anilines is 1. The van der Waals surface area contributed by atoms with E-state index in [4.69, 9.17) is 23.7 Å². The molecule has 0 aliphatic carbocycles. The number of fused-ring (bicyclic) bond motifs is 1. The second kappa shape index (κ2) is 9.86. The Kier molecular flexibility index (Phi) is 6.08. The SMILES string of the molecule is CC(=O)Oc1c(-c2ccc(NC(=O)c3ccco3)cc2)c(-c2ccc3c(c2)OCO3)nn1-c1ccc(C)cc1. The van der Waals surface area contributed by atoms with Crippen LogP contribution in [0.2, 0.25) is 0 Å². The minimum atomic E-state index is -0.482. The average molecular weight is 522 g/mol. The highest BCUT2D eigenvalue weighted by Gasteiger charge is 2.26. The van der Waals surface area contributed by atoms with E-state index in [1.54, 1.807) is 28.9 Å². The molecule has 1 N–H and O–H groups in total. The Morgan fingerprint density at radius 1 is 0.923 bits per heavy atom. The Morgan fingerprint density at radius 2 is 1.67 bits per heavy atom. The number of amides is 1. The van der Waals surface area contributed by atoms with Crippen LogP contribution >= 0.6 is 0 Å². The third kappa shape index (κ3) is 4.73. The number of nitrogens with one attached hydrogen (secondary N) is 1. The van der Waals surface area contributed by atoms with Gasteiger partial charge in [-0.05, 0) is 67.1 Å². The molecular weight excluding hydrogens is 498 g/mol. The van der Waals surface area contributed by atoms with Crippen molar-refractivity contribution in [2.45, 2.75) is 13.8 Å². The molecule has 3 heterocycles. The standard InChI is InChI=1S/C30H23N3O6/c1-18-5-12-23(13-6-18)33-30(39-19(2)34)27(28(32-33)21-9-14-24-26(16-21)38-17-37-24)20-7-10-22(11-8-20)31-29(35)25-4-3-15-36-25/h3-16H,17H2,1-2H3,(H,31,35). The smallest absolute Gasteiger partial charge is 0.309 e. The number of carbonyl (C=O) groups is 2. The highest BCUT2D eigenvalue weighted by atomic mass is 16.7. The highest BCUT2D eigenvalue weighted by Crippen LogP contribution is 2.44. The van der Waals surface area contributed by atoms with E-state index in [0.29, 0.717) is 28.4 Å². The van der Waals surface area contributed by atoms with Crippen LogP contribution in [0.25, 0.3) is 28.1 Å². The van der Waals surface area contributed by atoms with E-state index < -0.39 is 5.97 Å². The summed E-state index contributed by atoms with van der Waals surface area (Å²) in [6, 6.07) is 23.7. The van der Waals surface area contributed by atoms with Gasteiger partial charge in [0.2, 0.25) is 12.7 Å². The molecule has 39 heavy (non-hydrogen) atoms. The summed E-state index contributed by atoms with van der Waals surface area (Å²) in [5.74, 6) is 0.890. The lowest BCUT2D eigenvalue weighted by Gasteiger charge is -2.10. The largest absolute Gasteiger partial charge is 0.459 e. The van der Waals surface area contributed by atoms with Crippen LogP contribution in [0.1, 0.15) is 23.0 Å². The molecule has 0 fully saturated rings. The van der Waals surface area contributed by atoms with Crippen LogP contribution in [-0.2, 0) is 4.79 Å². The fraction of sp³-hybridized carbons (Fsp3) is 0.100. The molecule has 1 amide bonds. The maximum atomic E-state index is 12.4. The van der Waals surface area contributed by atoms with Crippen LogP contribution in [0.5, 0.6) is 17.4 Å². The van der Waals surface area contributed by atoms with Gasteiger partial charge in [-0.3, -0.25) is 9.59 Å².